The van der Waals surface area contributed by atoms with Crippen molar-refractivity contribution in [3.05, 3.63) is 59.2 Å². The van der Waals surface area contributed by atoms with Gasteiger partial charge in [-0.15, -0.1) is 0 Å². The van der Waals surface area contributed by atoms with E-state index in [0.29, 0.717) is 31.9 Å². The van der Waals surface area contributed by atoms with Gasteiger partial charge in [-0.1, -0.05) is 42.5 Å². The van der Waals surface area contributed by atoms with Crippen LogP contribution in [0.4, 0.5) is 18.0 Å². The van der Waals surface area contributed by atoms with Crippen molar-refractivity contribution in [1.82, 2.24) is 15.1 Å². The summed E-state index contributed by atoms with van der Waals surface area (Å²) in [6, 6.07) is 11.7. The Labute approximate surface area is 210 Å². The lowest BCUT2D eigenvalue weighted by Crippen LogP contribution is -2.60. The summed E-state index contributed by atoms with van der Waals surface area (Å²) in [7, 11) is 0. The van der Waals surface area contributed by atoms with Gasteiger partial charge in [0.1, 0.15) is 0 Å². The maximum atomic E-state index is 14.2. The molecule has 0 aliphatic carbocycles. The Bertz CT molecular complexity index is 1040. The van der Waals surface area contributed by atoms with E-state index in [2.05, 4.69) is 10.2 Å². The molecule has 0 aromatic heterocycles. The Kier molecular flexibility index (Phi) is 7.92. The number of amides is 2. The predicted molar refractivity (Wildman–Crippen MR) is 131 cm³/mol. The third-order valence-corrected chi connectivity index (χ3v) is 6.30. The summed E-state index contributed by atoms with van der Waals surface area (Å²) < 4.78 is 53.7. The van der Waals surface area contributed by atoms with Gasteiger partial charge >= 0.3 is 12.2 Å². The highest BCUT2D eigenvalue weighted by Crippen LogP contribution is 2.40. The van der Waals surface area contributed by atoms with Crippen LogP contribution in [0.2, 0.25) is 0 Å². The lowest BCUT2D eigenvalue weighted by atomic mass is 9.94. The van der Waals surface area contributed by atoms with Crippen molar-refractivity contribution in [2.24, 2.45) is 0 Å². The molecule has 2 fully saturated rings. The number of nitrogens with one attached hydrogen (secondary N) is 1. The molecule has 0 bridgehead atoms. The second kappa shape index (κ2) is 10.8. The number of morpholine rings is 1. The molecule has 2 aromatic rings. The van der Waals surface area contributed by atoms with Crippen LogP contribution in [0, 0.1) is 0 Å². The number of hydrogen-bond acceptors (Lipinski definition) is 4. The third kappa shape index (κ3) is 6.78. The summed E-state index contributed by atoms with van der Waals surface area (Å²) in [5.41, 5.74) is 0.775. The third-order valence-electron chi connectivity index (χ3n) is 6.30. The number of rotatable bonds is 6. The molecule has 0 saturated carbocycles. The molecule has 6 nitrogen and oxygen atoms in total. The molecule has 0 atom stereocenters. The zero-order chi connectivity index (χ0) is 25.9. The fourth-order valence-electron chi connectivity index (χ4n) is 4.42. The Hall–Kier alpha value is -2.62. The lowest BCUT2D eigenvalue weighted by molar-refractivity contribution is -0.139. The first-order chi connectivity index (χ1) is 17.0. The number of nitrogens with zero attached hydrogens (tertiary/aromatic N) is 2. The van der Waals surface area contributed by atoms with Gasteiger partial charge in [-0.05, 0) is 43.0 Å². The van der Waals surface area contributed by atoms with E-state index in [4.69, 9.17) is 9.47 Å². The Balaban J connectivity index is 1.43. The average Bonchev–Trinajstić information content (AvgIpc) is 2.77. The number of urea groups is 1. The minimum Gasteiger partial charge on any atom is -0.379 e. The van der Waals surface area contributed by atoms with Gasteiger partial charge in [0.15, 0.2) is 0 Å². The lowest BCUT2D eigenvalue weighted by Gasteiger charge is -2.40. The highest BCUT2D eigenvalue weighted by atomic mass is 19.4. The number of likely N-dealkylation sites (tertiary alicyclic amines) is 1. The van der Waals surface area contributed by atoms with Gasteiger partial charge < -0.3 is 19.7 Å². The van der Waals surface area contributed by atoms with E-state index in [9.17, 15) is 18.0 Å². The predicted octanol–water partition coefficient (Wildman–Crippen LogP) is 4.91. The summed E-state index contributed by atoms with van der Waals surface area (Å²) in [6.07, 6.45) is -4.82. The van der Waals surface area contributed by atoms with Crippen molar-refractivity contribution >= 4 is 6.03 Å². The van der Waals surface area contributed by atoms with Crippen LogP contribution < -0.4 is 5.32 Å². The summed E-state index contributed by atoms with van der Waals surface area (Å²) in [5, 5.41) is 2.87. The van der Waals surface area contributed by atoms with Crippen LogP contribution in [-0.4, -0.2) is 66.9 Å². The quantitative estimate of drug-likeness (QED) is 0.606. The molecule has 9 heteroatoms. The standard InChI is InChI=1S/C27H34F3N3O3/c1-26(2,3)31-25(34)33-16-22(17-33)36-18-21-5-4-6-23(24(21)27(28,29)30)20-9-7-19(8-10-20)15-32-11-13-35-14-12-32/h4-10,22H,11-18H2,1-3H3,(H,31,34). The van der Waals surface area contributed by atoms with Gasteiger partial charge in [0, 0.05) is 25.2 Å². The van der Waals surface area contributed by atoms with Crippen molar-refractivity contribution in [3.63, 3.8) is 0 Å². The molecule has 2 aromatic carbocycles. The Morgan fingerprint density at radius 3 is 2.33 bits per heavy atom. The van der Waals surface area contributed by atoms with Crippen LogP contribution in [0.1, 0.15) is 37.5 Å². The molecular weight excluding hydrogens is 471 g/mol. The van der Waals surface area contributed by atoms with E-state index < -0.39 is 11.7 Å². The highest BCUT2D eigenvalue weighted by molar-refractivity contribution is 5.76. The maximum absolute atomic E-state index is 14.2. The van der Waals surface area contributed by atoms with Crippen molar-refractivity contribution in [2.45, 2.75) is 51.7 Å². The Morgan fingerprint density at radius 2 is 1.72 bits per heavy atom. The summed E-state index contributed by atoms with van der Waals surface area (Å²) in [6.45, 7) is 10.1. The van der Waals surface area contributed by atoms with Gasteiger partial charge in [-0.25, -0.2) is 4.79 Å². The van der Waals surface area contributed by atoms with Crippen LogP contribution >= 0.6 is 0 Å². The van der Waals surface area contributed by atoms with Crippen molar-refractivity contribution in [1.29, 1.82) is 0 Å². The molecule has 0 spiro atoms. The number of carbonyl (C=O) groups excluding carboxylic acids is 1. The first kappa shape index (κ1) is 26.4. The largest absolute Gasteiger partial charge is 0.417 e. The molecule has 2 aliphatic heterocycles. The van der Waals surface area contributed by atoms with E-state index in [1.165, 1.54) is 12.1 Å². The molecule has 196 valence electrons. The fraction of sp³-hybridized carbons (Fsp3) is 0.519. The van der Waals surface area contributed by atoms with Gasteiger partial charge in [0.2, 0.25) is 0 Å². The normalized spacial score (nSPS) is 17.7. The van der Waals surface area contributed by atoms with E-state index in [1.807, 2.05) is 32.9 Å². The molecule has 2 amide bonds. The van der Waals surface area contributed by atoms with E-state index >= 15 is 0 Å². The molecule has 4 rings (SSSR count). The van der Waals surface area contributed by atoms with Crippen LogP contribution in [0.5, 0.6) is 0 Å². The Morgan fingerprint density at radius 1 is 1.06 bits per heavy atom. The van der Waals surface area contributed by atoms with Crippen LogP contribution in [-0.2, 0) is 28.8 Å². The minimum atomic E-state index is -4.53. The SMILES string of the molecule is CC(C)(C)NC(=O)N1CC(OCc2cccc(-c3ccc(CN4CCOCC4)cc3)c2C(F)(F)F)C1. The second-order valence-corrected chi connectivity index (χ2v) is 10.4. The number of ether oxygens (including phenoxy) is 2. The van der Waals surface area contributed by atoms with Gasteiger partial charge in [0.05, 0.1) is 44.6 Å². The summed E-state index contributed by atoms with van der Waals surface area (Å²) >= 11 is 0. The average molecular weight is 506 g/mol. The molecule has 2 saturated heterocycles. The molecule has 2 aliphatic rings. The fourth-order valence-corrected chi connectivity index (χ4v) is 4.42. The number of carbonyl (C=O) groups is 1. The first-order valence-electron chi connectivity index (χ1n) is 12.3. The molecular formula is C27H34F3N3O3. The van der Waals surface area contributed by atoms with Gasteiger partial charge in [0.25, 0.3) is 0 Å². The zero-order valence-corrected chi connectivity index (χ0v) is 21.0. The first-order valence-corrected chi connectivity index (χ1v) is 12.3. The van der Waals surface area contributed by atoms with Gasteiger partial charge in [-0.2, -0.15) is 13.2 Å². The van der Waals surface area contributed by atoms with E-state index in [1.54, 1.807) is 23.1 Å². The van der Waals surface area contributed by atoms with Crippen LogP contribution in [0.25, 0.3) is 11.1 Å². The summed E-state index contributed by atoms with van der Waals surface area (Å²) in [5.74, 6) is 0. The van der Waals surface area contributed by atoms with E-state index in [0.717, 1.165) is 25.2 Å². The number of hydrogen-bond donors (Lipinski definition) is 1. The topological polar surface area (TPSA) is 54.0 Å². The van der Waals surface area contributed by atoms with Crippen molar-refractivity contribution in [3.8, 4) is 11.1 Å². The minimum absolute atomic E-state index is 0.0926. The van der Waals surface area contributed by atoms with Crippen LogP contribution in [0.15, 0.2) is 42.5 Å². The molecule has 1 N–H and O–H groups in total. The molecule has 36 heavy (non-hydrogen) atoms. The summed E-state index contributed by atoms with van der Waals surface area (Å²) in [4.78, 5) is 16.0. The second-order valence-electron chi connectivity index (χ2n) is 10.4. The van der Waals surface area contributed by atoms with Crippen LogP contribution in [0.3, 0.4) is 0 Å². The van der Waals surface area contributed by atoms with Crippen molar-refractivity contribution in [2.75, 3.05) is 39.4 Å². The van der Waals surface area contributed by atoms with Crippen molar-refractivity contribution < 1.29 is 27.4 Å². The highest BCUT2D eigenvalue weighted by Gasteiger charge is 2.38. The maximum Gasteiger partial charge on any atom is 0.417 e. The smallest absolute Gasteiger partial charge is 0.379 e. The molecule has 0 radical (unpaired) electrons. The van der Waals surface area contributed by atoms with Gasteiger partial charge in [-0.3, -0.25) is 4.90 Å². The van der Waals surface area contributed by atoms with E-state index in [-0.39, 0.29) is 35.4 Å². The number of benzene rings is 2. The number of halogens is 3. The monoisotopic (exact) mass is 505 g/mol. The number of alkyl halides is 3. The molecule has 0 unspecified atom stereocenters. The zero-order valence-electron chi connectivity index (χ0n) is 21.0. The molecule has 2 heterocycles.